The molecule has 2 aliphatic rings. The number of anilines is 1. The highest BCUT2D eigenvalue weighted by Gasteiger charge is 2.54. The van der Waals surface area contributed by atoms with Crippen LogP contribution in [0.5, 0.6) is 0 Å². The number of likely N-dealkylation sites (tertiary alicyclic amines) is 1. The predicted octanol–water partition coefficient (Wildman–Crippen LogP) is 7.49. The minimum Gasteiger partial charge on any atom is -0.481 e. The summed E-state index contributed by atoms with van der Waals surface area (Å²) >= 11 is 14.3. The molecule has 1 amide bonds. The third-order valence-corrected chi connectivity index (χ3v) is 9.40. The number of hydrogen-bond acceptors (Lipinski definition) is 5. The number of piperidine rings is 1. The van der Waals surface area contributed by atoms with Crippen LogP contribution >= 0.6 is 35.1 Å². The molecule has 0 radical (unpaired) electrons. The number of carboxylic acid groups (broad SMARTS) is 1. The number of benzene rings is 2. The fourth-order valence-electron chi connectivity index (χ4n) is 6.12. The minimum atomic E-state index is -1.08. The van der Waals surface area contributed by atoms with Crippen molar-refractivity contribution < 1.29 is 14.7 Å². The molecule has 0 bridgehead atoms. The molecule has 9 heteroatoms. The van der Waals surface area contributed by atoms with Gasteiger partial charge in [0, 0.05) is 28.4 Å². The maximum atomic E-state index is 14.6. The fraction of sp³-hybridized carbons (Fsp3) is 0.387. The first-order valence-electron chi connectivity index (χ1n) is 13.5. The Bertz CT molecular complexity index is 1360. The van der Waals surface area contributed by atoms with E-state index in [0.29, 0.717) is 28.9 Å². The highest BCUT2D eigenvalue weighted by molar-refractivity contribution is 7.99. The van der Waals surface area contributed by atoms with E-state index in [4.69, 9.17) is 23.2 Å². The van der Waals surface area contributed by atoms with Gasteiger partial charge in [-0.05, 0) is 72.7 Å². The second-order valence-electron chi connectivity index (χ2n) is 11.0. The topological polar surface area (TPSA) is 73.7 Å². The van der Waals surface area contributed by atoms with Gasteiger partial charge in [0.1, 0.15) is 5.82 Å². The van der Waals surface area contributed by atoms with Crippen LogP contribution < -0.4 is 4.31 Å². The van der Waals surface area contributed by atoms with Gasteiger partial charge in [-0.25, -0.2) is 4.98 Å². The fourth-order valence-corrected chi connectivity index (χ4v) is 7.04. The van der Waals surface area contributed by atoms with E-state index in [1.165, 1.54) is 0 Å². The van der Waals surface area contributed by atoms with Crippen molar-refractivity contribution in [3.05, 3.63) is 94.1 Å². The van der Waals surface area contributed by atoms with E-state index in [0.717, 1.165) is 29.8 Å². The molecule has 3 unspecified atom stereocenters. The molecular formula is C31H33Cl2N3O3S. The van der Waals surface area contributed by atoms with Crippen LogP contribution in [0.25, 0.3) is 0 Å². The number of carboxylic acids is 1. The van der Waals surface area contributed by atoms with E-state index in [9.17, 15) is 14.7 Å². The van der Waals surface area contributed by atoms with Gasteiger partial charge < -0.3 is 10.0 Å². The van der Waals surface area contributed by atoms with Gasteiger partial charge in [-0.3, -0.25) is 13.9 Å². The standard InChI is InChI=1S/C31H33Cl2N3O3S/c1-31(18-28(37)38)17-25(22-6-5-7-24(33)16-22)29(21-11-13-23(32)14-12-21)36(30(31)39)26(20-9-10-20)19-35(40-2)27-8-3-4-15-34-27/h3-8,11-16,20,25-26,29H,9-10,17-19H2,1-2H3,(H,37,38)/t25?,26?,29?,31-/m1/s1. The molecule has 40 heavy (non-hydrogen) atoms. The Morgan fingerprint density at radius 2 is 1.85 bits per heavy atom. The number of nitrogens with zero attached hydrogens (tertiary/aromatic N) is 3. The van der Waals surface area contributed by atoms with Gasteiger partial charge in [0.2, 0.25) is 5.91 Å². The molecule has 2 fully saturated rings. The van der Waals surface area contributed by atoms with Gasteiger partial charge >= 0.3 is 5.97 Å². The molecular weight excluding hydrogens is 565 g/mol. The van der Waals surface area contributed by atoms with Gasteiger partial charge in [0.05, 0.1) is 30.5 Å². The molecule has 1 aromatic heterocycles. The van der Waals surface area contributed by atoms with E-state index in [1.54, 1.807) is 25.1 Å². The van der Waals surface area contributed by atoms with Crippen LogP contribution in [0.3, 0.4) is 0 Å². The van der Waals surface area contributed by atoms with Crippen molar-refractivity contribution in [3.63, 3.8) is 0 Å². The third-order valence-electron chi connectivity index (χ3n) is 8.13. The summed E-state index contributed by atoms with van der Waals surface area (Å²) in [5.41, 5.74) is 0.881. The lowest BCUT2D eigenvalue weighted by atomic mass is 9.67. The molecule has 2 aromatic carbocycles. The molecule has 1 saturated carbocycles. The number of aliphatic carboxylic acids is 1. The van der Waals surface area contributed by atoms with E-state index >= 15 is 0 Å². The number of rotatable bonds is 10. The average molecular weight is 599 g/mol. The minimum absolute atomic E-state index is 0.118. The van der Waals surface area contributed by atoms with Crippen LogP contribution in [0.2, 0.25) is 10.0 Å². The number of carbonyl (C=O) groups is 2. The van der Waals surface area contributed by atoms with Crippen LogP contribution in [0, 0.1) is 11.3 Å². The zero-order valence-electron chi connectivity index (χ0n) is 22.5. The van der Waals surface area contributed by atoms with Crippen molar-refractivity contribution in [3.8, 4) is 0 Å². The molecule has 6 nitrogen and oxygen atoms in total. The van der Waals surface area contributed by atoms with Gasteiger partial charge in [0.25, 0.3) is 0 Å². The van der Waals surface area contributed by atoms with Gasteiger partial charge in [0.15, 0.2) is 0 Å². The lowest BCUT2D eigenvalue weighted by Gasteiger charge is -2.52. The average Bonchev–Trinajstić information content (AvgIpc) is 3.77. The van der Waals surface area contributed by atoms with E-state index in [2.05, 4.69) is 9.29 Å². The molecule has 210 valence electrons. The van der Waals surface area contributed by atoms with Crippen LogP contribution in [0.1, 0.15) is 55.7 Å². The SMILES string of the molecule is CSN(CC(C1CC1)N1C(=O)[C@@](C)(CC(=O)O)CC(c2cccc(Cl)c2)C1c1ccc(Cl)cc1)c1ccccn1. The Hall–Kier alpha value is -2.74. The first kappa shape index (κ1) is 28.8. The molecule has 1 aliphatic heterocycles. The second kappa shape index (κ2) is 12.0. The monoisotopic (exact) mass is 597 g/mol. The van der Waals surface area contributed by atoms with Gasteiger partial charge in [-0.15, -0.1) is 0 Å². The van der Waals surface area contributed by atoms with Gasteiger partial charge in [-0.2, -0.15) is 0 Å². The number of hydrogen-bond donors (Lipinski definition) is 1. The quantitative estimate of drug-likeness (QED) is 0.244. The molecule has 0 spiro atoms. The number of halogens is 2. The van der Waals surface area contributed by atoms with Crippen molar-refractivity contribution in [1.29, 1.82) is 0 Å². The molecule has 1 N–H and O–H groups in total. The lowest BCUT2D eigenvalue weighted by Crippen LogP contribution is -2.58. The highest BCUT2D eigenvalue weighted by atomic mass is 35.5. The summed E-state index contributed by atoms with van der Waals surface area (Å²) in [7, 11) is 0. The Kier molecular flexibility index (Phi) is 8.64. The van der Waals surface area contributed by atoms with Crippen LogP contribution in [0.4, 0.5) is 5.82 Å². The van der Waals surface area contributed by atoms with Crippen molar-refractivity contribution in [2.75, 3.05) is 17.1 Å². The Morgan fingerprint density at radius 3 is 2.45 bits per heavy atom. The molecule has 4 atom stereocenters. The number of amides is 1. The van der Waals surface area contributed by atoms with Crippen LogP contribution in [-0.4, -0.2) is 45.7 Å². The smallest absolute Gasteiger partial charge is 0.304 e. The summed E-state index contributed by atoms with van der Waals surface area (Å²) in [5, 5.41) is 11.1. The van der Waals surface area contributed by atoms with Crippen molar-refractivity contribution in [2.45, 2.75) is 50.6 Å². The van der Waals surface area contributed by atoms with Crippen molar-refractivity contribution in [1.82, 2.24) is 9.88 Å². The van der Waals surface area contributed by atoms with Crippen molar-refractivity contribution in [2.24, 2.45) is 11.3 Å². The maximum absolute atomic E-state index is 14.6. The van der Waals surface area contributed by atoms with Gasteiger partial charge in [-0.1, -0.05) is 72.4 Å². The van der Waals surface area contributed by atoms with E-state index in [-0.39, 0.29) is 30.3 Å². The first-order chi connectivity index (χ1) is 19.2. The largest absolute Gasteiger partial charge is 0.481 e. The highest BCUT2D eigenvalue weighted by Crippen LogP contribution is 2.54. The second-order valence-corrected chi connectivity index (χ2v) is 12.7. The third kappa shape index (κ3) is 6.12. The molecule has 2 heterocycles. The Morgan fingerprint density at radius 1 is 1.10 bits per heavy atom. The normalized spacial score (nSPS) is 23.6. The summed E-state index contributed by atoms with van der Waals surface area (Å²) in [6.45, 7) is 2.38. The van der Waals surface area contributed by atoms with E-state index < -0.39 is 11.4 Å². The number of aromatic nitrogens is 1. The first-order valence-corrected chi connectivity index (χ1v) is 15.4. The van der Waals surface area contributed by atoms with E-state index in [1.807, 2.05) is 77.9 Å². The molecule has 1 aliphatic carbocycles. The Labute approximate surface area is 249 Å². The number of carbonyl (C=O) groups excluding carboxylic acids is 1. The zero-order chi connectivity index (χ0) is 28.4. The number of pyridine rings is 1. The predicted molar refractivity (Wildman–Crippen MR) is 162 cm³/mol. The van der Waals surface area contributed by atoms with Crippen LogP contribution in [-0.2, 0) is 9.59 Å². The summed E-state index contributed by atoms with van der Waals surface area (Å²) in [6, 6.07) is 20.8. The summed E-state index contributed by atoms with van der Waals surface area (Å²) < 4.78 is 2.13. The molecule has 3 aromatic rings. The summed E-state index contributed by atoms with van der Waals surface area (Å²) in [4.78, 5) is 33.3. The Balaban J connectivity index is 1.66. The van der Waals surface area contributed by atoms with Crippen LogP contribution in [0.15, 0.2) is 72.9 Å². The molecule has 5 rings (SSSR count). The van der Waals surface area contributed by atoms with Crippen molar-refractivity contribution >= 4 is 52.8 Å². The summed E-state index contributed by atoms with van der Waals surface area (Å²) in [5.74, 6) is -0.127. The zero-order valence-corrected chi connectivity index (χ0v) is 24.9. The summed E-state index contributed by atoms with van der Waals surface area (Å²) in [6.07, 6.45) is 5.97. The molecule has 1 saturated heterocycles. The lowest BCUT2D eigenvalue weighted by molar-refractivity contribution is -0.160. The maximum Gasteiger partial charge on any atom is 0.304 e.